The van der Waals surface area contributed by atoms with Crippen molar-refractivity contribution in [3.63, 3.8) is 0 Å². The molecule has 0 saturated heterocycles. The number of rotatable bonds is 7. The smallest absolute Gasteiger partial charge is 0.407 e. The van der Waals surface area contributed by atoms with Crippen molar-refractivity contribution in [3.8, 4) is 0 Å². The Morgan fingerprint density at radius 3 is 2.75 bits per heavy atom. The number of carbonyl (C=O) groups excluding carboxylic acids is 1. The molecule has 1 aliphatic carbocycles. The number of hydrogen-bond donors (Lipinski definition) is 1. The second kappa shape index (κ2) is 9.22. The number of hydrogen-bond acceptors (Lipinski definition) is 3. The van der Waals surface area contributed by atoms with Crippen molar-refractivity contribution in [1.82, 2.24) is 5.32 Å². The fourth-order valence-corrected chi connectivity index (χ4v) is 3.00. The molecule has 4 nitrogen and oxygen atoms in total. The SMILES string of the molecule is COCCCNC(=O)OC1CC(C)CCC1CC(C)C. The van der Waals surface area contributed by atoms with Gasteiger partial charge in [-0.1, -0.05) is 27.2 Å². The molecule has 1 saturated carbocycles. The van der Waals surface area contributed by atoms with E-state index in [-0.39, 0.29) is 12.2 Å². The molecule has 4 heteroatoms. The van der Waals surface area contributed by atoms with Crippen molar-refractivity contribution in [2.45, 2.75) is 59.0 Å². The van der Waals surface area contributed by atoms with Gasteiger partial charge in [0.2, 0.25) is 0 Å². The van der Waals surface area contributed by atoms with Crippen LogP contribution in [0.25, 0.3) is 0 Å². The molecule has 3 unspecified atom stereocenters. The minimum atomic E-state index is -0.269. The van der Waals surface area contributed by atoms with Gasteiger partial charge in [0, 0.05) is 20.3 Å². The maximum atomic E-state index is 11.8. The van der Waals surface area contributed by atoms with E-state index in [1.165, 1.54) is 12.8 Å². The lowest BCUT2D eigenvalue weighted by atomic mass is 9.77. The van der Waals surface area contributed by atoms with Crippen LogP contribution in [0.3, 0.4) is 0 Å². The first kappa shape index (κ1) is 17.3. The summed E-state index contributed by atoms with van der Waals surface area (Å²) >= 11 is 0. The largest absolute Gasteiger partial charge is 0.446 e. The predicted octanol–water partition coefficient (Wildman–Crippen LogP) is 3.60. The first-order valence-corrected chi connectivity index (χ1v) is 7.96. The molecule has 3 atom stereocenters. The highest BCUT2D eigenvalue weighted by atomic mass is 16.6. The molecule has 0 aliphatic heterocycles. The van der Waals surface area contributed by atoms with Crippen molar-refractivity contribution in [2.24, 2.45) is 17.8 Å². The van der Waals surface area contributed by atoms with E-state index in [9.17, 15) is 4.79 Å². The zero-order valence-corrected chi connectivity index (χ0v) is 13.5. The van der Waals surface area contributed by atoms with Gasteiger partial charge in [-0.25, -0.2) is 4.79 Å². The molecule has 1 rings (SSSR count). The van der Waals surface area contributed by atoms with Crippen LogP contribution in [0.15, 0.2) is 0 Å². The molecule has 20 heavy (non-hydrogen) atoms. The Bertz CT molecular complexity index is 281. The summed E-state index contributed by atoms with van der Waals surface area (Å²) in [5.41, 5.74) is 0. The summed E-state index contributed by atoms with van der Waals surface area (Å²) in [6, 6.07) is 0. The van der Waals surface area contributed by atoms with E-state index in [4.69, 9.17) is 9.47 Å². The number of amides is 1. The average molecular weight is 285 g/mol. The number of methoxy groups -OCH3 is 1. The summed E-state index contributed by atoms with van der Waals surface area (Å²) in [5.74, 6) is 1.84. The number of carbonyl (C=O) groups is 1. The average Bonchev–Trinajstić information content (AvgIpc) is 2.37. The zero-order valence-electron chi connectivity index (χ0n) is 13.5. The van der Waals surface area contributed by atoms with Crippen LogP contribution in [0.1, 0.15) is 52.9 Å². The highest BCUT2D eigenvalue weighted by Crippen LogP contribution is 2.34. The standard InChI is InChI=1S/C16H31NO3/c1-12(2)10-14-7-6-13(3)11-15(14)20-16(18)17-8-5-9-19-4/h12-15H,5-11H2,1-4H3,(H,17,18). The summed E-state index contributed by atoms with van der Waals surface area (Å²) < 4.78 is 10.6. The zero-order chi connectivity index (χ0) is 15.0. The third-order valence-electron chi connectivity index (χ3n) is 4.02. The molecular formula is C16H31NO3. The van der Waals surface area contributed by atoms with Gasteiger partial charge >= 0.3 is 6.09 Å². The van der Waals surface area contributed by atoms with Crippen LogP contribution >= 0.6 is 0 Å². The molecule has 0 spiro atoms. The Morgan fingerprint density at radius 2 is 2.10 bits per heavy atom. The van der Waals surface area contributed by atoms with Gasteiger partial charge in [-0.15, -0.1) is 0 Å². The predicted molar refractivity (Wildman–Crippen MR) is 80.7 cm³/mol. The lowest BCUT2D eigenvalue weighted by Gasteiger charge is -2.35. The van der Waals surface area contributed by atoms with Crippen LogP contribution in [-0.2, 0) is 9.47 Å². The first-order chi connectivity index (χ1) is 9.52. The summed E-state index contributed by atoms with van der Waals surface area (Å²) in [7, 11) is 1.66. The second-order valence-electron chi connectivity index (χ2n) is 6.52. The monoisotopic (exact) mass is 285 g/mol. The molecule has 118 valence electrons. The van der Waals surface area contributed by atoms with Crippen LogP contribution < -0.4 is 5.32 Å². The van der Waals surface area contributed by atoms with Gasteiger partial charge in [0.1, 0.15) is 6.10 Å². The Balaban J connectivity index is 2.37. The van der Waals surface area contributed by atoms with Crippen LogP contribution in [0.5, 0.6) is 0 Å². The van der Waals surface area contributed by atoms with Gasteiger partial charge in [0.15, 0.2) is 0 Å². The number of nitrogens with one attached hydrogen (secondary N) is 1. The Hall–Kier alpha value is -0.770. The summed E-state index contributed by atoms with van der Waals surface area (Å²) in [5, 5.41) is 2.81. The Kier molecular flexibility index (Phi) is 7.97. The Labute approximate surface area is 123 Å². The van der Waals surface area contributed by atoms with E-state index >= 15 is 0 Å². The quantitative estimate of drug-likeness (QED) is 0.727. The lowest BCUT2D eigenvalue weighted by Crippen LogP contribution is -2.37. The Morgan fingerprint density at radius 1 is 1.35 bits per heavy atom. The third-order valence-corrected chi connectivity index (χ3v) is 4.02. The van der Waals surface area contributed by atoms with E-state index in [1.54, 1.807) is 7.11 Å². The lowest BCUT2D eigenvalue weighted by molar-refractivity contribution is 0.0154. The second-order valence-corrected chi connectivity index (χ2v) is 6.52. The van der Waals surface area contributed by atoms with Crippen LogP contribution in [0.2, 0.25) is 0 Å². The summed E-state index contributed by atoms with van der Waals surface area (Å²) in [6.45, 7) is 8.00. The highest BCUT2D eigenvalue weighted by molar-refractivity contribution is 5.67. The van der Waals surface area contributed by atoms with Gasteiger partial charge in [0.05, 0.1) is 0 Å². The maximum absolute atomic E-state index is 11.8. The molecule has 0 radical (unpaired) electrons. The number of alkyl carbamates (subject to hydrolysis) is 1. The molecule has 0 bridgehead atoms. The van der Waals surface area contributed by atoms with Gasteiger partial charge < -0.3 is 14.8 Å². The summed E-state index contributed by atoms with van der Waals surface area (Å²) in [6.07, 6.45) is 5.23. The van der Waals surface area contributed by atoms with Gasteiger partial charge in [-0.05, 0) is 43.4 Å². The first-order valence-electron chi connectivity index (χ1n) is 7.96. The molecule has 0 aromatic carbocycles. The highest BCUT2D eigenvalue weighted by Gasteiger charge is 2.31. The van der Waals surface area contributed by atoms with E-state index in [1.807, 2.05) is 0 Å². The van der Waals surface area contributed by atoms with Crippen molar-refractivity contribution in [2.75, 3.05) is 20.3 Å². The van der Waals surface area contributed by atoms with Crippen LogP contribution in [0.4, 0.5) is 4.79 Å². The van der Waals surface area contributed by atoms with E-state index in [0.717, 1.165) is 19.3 Å². The maximum Gasteiger partial charge on any atom is 0.407 e. The van der Waals surface area contributed by atoms with Gasteiger partial charge in [-0.3, -0.25) is 0 Å². The fourth-order valence-electron chi connectivity index (χ4n) is 3.00. The van der Waals surface area contributed by atoms with Crippen molar-refractivity contribution >= 4 is 6.09 Å². The minimum absolute atomic E-state index is 0.0866. The summed E-state index contributed by atoms with van der Waals surface area (Å²) in [4.78, 5) is 11.8. The molecule has 1 aliphatic rings. The van der Waals surface area contributed by atoms with Crippen molar-refractivity contribution in [1.29, 1.82) is 0 Å². The molecule has 1 fully saturated rings. The van der Waals surface area contributed by atoms with E-state index < -0.39 is 0 Å². The fraction of sp³-hybridized carbons (Fsp3) is 0.938. The topological polar surface area (TPSA) is 47.6 Å². The van der Waals surface area contributed by atoms with E-state index in [2.05, 4.69) is 26.1 Å². The van der Waals surface area contributed by atoms with Crippen molar-refractivity contribution < 1.29 is 14.3 Å². The van der Waals surface area contributed by atoms with Crippen LogP contribution in [-0.4, -0.2) is 32.5 Å². The molecule has 1 N–H and O–H groups in total. The van der Waals surface area contributed by atoms with Crippen molar-refractivity contribution in [3.05, 3.63) is 0 Å². The normalized spacial score (nSPS) is 26.6. The van der Waals surface area contributed by atoms with Gasteiger partial charge in [-0.2, -0.15) is 0 Å². The molecule has 0 heterocycles. The van der Waals surface area contributed by atoms with Gasteiger partial charge in [0.25, 0.3) is 0 Å². The molecule has 1 amide bonds. The minimum Gasteiger partial charge on any atom is -0.446 e. The molecule has 0 aromatic heterocycles. The molecule has 0 aromatic rings. The third kappa shape index (κ3) is 6.60. The number of ether oxygens (including phenoxy) is 2. The van der Waals surface area contributed by atoms with Crippen LogP contribution in [0, 0.1) is 17.8 Å². The molecular weight excluding hydrogens is 254 g/mol. The van der Waals surface area contributed by atoms with E-state index in [0.29, 0.717) is 30.9 Å².